The molecule has 0 bridgehead atoms. The molecule has 0 saturated heterocycles. The van der Waals surface area contributed by atoms with Crippen molar-refractivity contribution in [3.63, 3.8) is 0 Å². The van der Waals surface area contributed by atoms with Crippen molar-refractivity contribution in [2.75, 3.05) is 6.54 Å². The highest BCUT2D eigenvalue weighted by atomic mass is 32.2. The smallest absolute Gasteiger partial charge is 0.251 e. The van der Waals surface area contributed by atoms with Gasteiger partial charge in [-0.2, -0.15) is 0 Å². The molecule has 0 radical (unpaired) electrons. The van der Waals surface area contributed by atoms with Crippen molar-refractivity contribution in [2.24, 2.45) is 0 Å². The summed E-state index contributed by atoms with van der Waals surface area (Å²) in [7, 11) is -3.66. The van der Waals surface area contributed by atoms with Gasteiger partial charge in [0.15, 0.2) is 9.84 Å². The molecule has 0 unspecified atom stereocenters. The molecule has 0 aliphatic heterocycles. The van der Waals surface area contributed by atoms with Gasteiger partial charge >= 0.3 is 0 Å². The summed E-state index contributed by atoms with van der Waals surface area (Å²) in [6.45, 7) is 1.82. The van der Waals surface area contributed by atoms with E-state index in [0.29, 0.717) is 11.3 Å². The Hall–Kier alpha value is -2.38. The number of nitrogens with one attached hydrogen (secondary N) is 1. The second-order valence-corrected chi connectivity index (χ2v) is 8.87. The third-order valence-electron chi connectivity index (χ3n) is 3.74. The van der Waals surface area contributed by atoms with Crippen LogP contribution < -0.4 is 5.32 Å². The van der Waals surface area contributed by atoms with Crippen LogP contribution in [0.1, 0.15) is 26.9 Å². The summed E-state index contributed by atoms with van der Waals surface area (Å²) in [5, 5.41) is 3.44. The third kappa shape index (κ3) is 3.83. The average molecular weight is 375 g/mol. The first-order valence-corrected chi connectivity index (χ1v) is 10.1. The Morgan fingerprint density at radius 2 is 2.04 bits per heavy atom. The van der Waals surface area contributed by atoms with Crippen LogP contribution in [0.4, 0.5) is 0 Å². The minimum Gasteiger partial charge on any atom is -0.468 e. The molecule has 0 fully saturated rings. The zero-order chi connectivity index (χ0) is 17.9. The predicted molar refractivity (Wildman–Crippen MR) is 96.5 cm³/mol. The van der Waals surface area contributed by atoms with Gasteiger partial charge in [-0.3, -0.25) is 4.79 Å². The molecule has 0 saturated carbocycles. The number of hydrogen-bond acceptors (Lipinski definition) is 5. The maximum atomic E-state index is 12.9. The number of benzene rings is 1. The largest absolute Gasteiger partial charge is 0.468 e. The van der Waals surface area contributed by atoms with E-state index in [-0.39, 0.29) is 16.7 Å². The van der Waals surface area contributed by atoms with Crippen molar-refractivity contribution in [3.05, 3.63) is 77.1 Å². The number of furan rings is 1. The Bertz CT molecular complexity index is 945. The summed E-state index contributed by atoms with van der Waals surface area (Å²) in [6, 6.07) is 13.6. The van der Waals surface area contributed by atoms with Gasteiger partial charge in [0.05, 0.1) is 6.26 Å². The fourth-order valence-electron chi connectivity index (χ4n) is 2.48. The van der Waals surface area contributed by atoms with Gasteiger partial charge in [0.25, 0.3) is 5.91 Å². The minimum atomic E-state index is -3.66. The van der Waals surface area contributed by atoms with Crippen LogP contribution in [0.5, 0.6) is 0 Å². The number of carbonyl (C=O) groups excluding carboxylic acids is 1. The molecule has 1 atom stereocenters. The predicted octanol–water partition coefficient (Wildman–Crippen LogP) is 3.59. The van der Waals surface area contributed by atoms with Crippen molar-refractivity contribution in [2.45, 2.75) is 16.4 Å². The van der Waals surface area contributed by atoms with Gasteiger partial charge in [-0.15, -0.1) is 11.3 Å². The van der Waals surface area contributed by atoms with E-state index >= 15 is 0 Å². The number of sulfone groups is 1. The van der Waals surface area contributed by atoms with E-state index in [9.17, 15) is 13.2 Å². The van der Waals surface area contributed by atoms with Crippen molar-refractivity contribution in [1.29, 1.82) is 0 Å². The molecule has 3 aromatic rings. The molecule has 0 spiro atoms. The number of rotatable bonds is 6. The van der Waals surface area contributed by atoms with Crippen molar-refractivity contribution >= 4 is 27.1 Å². The quantitative estimate of drug-likeness (QED) is 0.714. The minimum absolute atomic E-state index is 0.0689. The van der Waals surface area contributed by atoms with Crippen LogP contribution in [0.2, 0.25) is 0 Å². The summed E-state index contributed by atoms with van der Waals surface area (Å²) in [4.78, 5) is 12.4. The lowest BCUT2D eigenvalue weighted by Gasteiger charge is -2.15. The molecule has 5 nitrogen and oxygen atoms in total. The van der Waals surface area contributed by atoms with Crippen LogP contribution in [0.25, 0.3) is 0 Å². The van der Waals surface area contributed by atoms with Gasteiger partial charge in [-0.25, -0.2) is 8.42 Å². The molecular formula is C18H17NO4S2. The molecule has 130 valence electrons. The topological polar surface area (TPSA) is 76.4 Å². The number of aryl methyl sites for hydroxylation is 1. The van der Waals surface area contributed by atoms with E-state index in [4.69, 9.17) is 4.42 Å². The SMILES string of the molecule is Cc1cccc(C(=O)NC[C@H](c2ccco2)S(=O)(=O)c2cccs2)c1. The van der Waals surface area contributed by atoms with Gasteiger partial charge in [-0.1, -0.05) is 23.8 Å². The lowest BCUT2D eigenvalue weighted by molar-refractivity contribution is 0.0953. The third-order valence-corrected chi connectivity index (χ3v) is 7.23. The Kier molecular flexibility index (Phi) is 5.06. The van der Waals surface area contributed by atoms with Crippen LogP contribution in [0, 0.1) is 6.92 Å². The Morgan fingerprint density at radius 1 is 1.20 bits per heavy atom. The van der Waals surface area contributed by atoms with Crippen LogP contribution in [0.3, 0.4) is 0 Å². The highest BCUT2D eigenvalue weighted by Gasteiger charge is 2.32. The number of hydrogen-bond donors (Lipinski definition) is 1. The average Bonchev–Trinajstić information content (AvgIpc) is 3.28. The lowest BCUT2D eigenvalue weighted by atomic mass is 10.1. The Morgan fingerprint density at radius 3 is 2.68 bits per heavy atom. The summed E-state index contributed by atoms with van der Waals surface area (Å²) < 4.78 is 31.3. The first kappa shape index (κ1) is 17.4. The Labute approximate surface area is 150 Å². The first-order chi connectivity index (χ1) is 12.0. The standard InChI is InChI=1S/C18H17NO4S2/c1-13-5-2-6-14(11-13)18(20)19-12-16(15-7-3-9-23-15)25(21,22)17-8-4-10-24-17/h2-11,16H,12H2,1H3,(H,19,20)/t16-/m1/s1. The normalized spacial score (nSPS) is 12.7. The van der Waals surface area contributed by atoms with Gasteiger partial charge in [0.1, 0.15) is 15.2 Å². The molecule has 1 N–H and O–H groups in total. The molecule has 1 aromatic carbocycles. The monoisotopic (exact) mass is 375 g/mol. The molecule has 0 aliphatic rings. The van der Waals surface area contributed by atoms with E-state index in [0.717, 1.165) is 16.9 Å². The molecule has 0 aliphatic carbocycles. The lowest BCUT2D eigenvalue weighted by Crippen LogP contribution is -2.31. The van der Waals surface area contributed by atoms with Crippen molar-refractivity contribution < 1.29 is 17.6 Å². The second kappa shape index (κ2) is 7.25. The van der Waals surface area contributed by atoms with E-state index in [1.54, 1.807) is 47.8 Å². The number of carbonyl (C=O) groups is 1. The van der Waals surface area contributed by atoms with Crippen molar-refractivity contribution in [1.82, 2.24) is 5.32 Å². The van der Waals surface area contributed by atoms with E-state index < -0.39 is 15.1 Å². The Balaban J connectivity index is 1.83. The van der Waals surface area contributed by atoms with Crippen LogP contribution in [-0.4, -0.2) is 20.9 Å². The fourth-order valence-corrected chi connectivity index (χ4v) is 5.27. The molecule has 2 aromatic heterocycles. The number of amides is 1. The van der Waals surface area contributed by atoms with Gasteiger partial charge < -0.3 is 9.73 Å². The molecule has 3 rings (SSSR count). The molecule has 2 heterocycles. The van der Waals surface area contributed by atoms with Gasteiger partial charge in [-0.05, 0) is 42.6 Å². The summed E-state index contributed by atoms with van der Waals surface area (Å²) in [6.07, 6.45) is 1.43. The zero-order valence-electron chi connectivity index (χ0n) is 13.5. The van der Waals surface area contributed by atoms with Crippen LogP contribution in [0.15, 0.2) is 68.8 Å². The van der Waals surface area contributed by atoms with Crippen molar-refractivity contribution in [3.8, 4) is 0 Å². The number of thiophene rings is 1. The fraction of sp³-hybridized carbons (Fsp3) is 0.167. The van der Waals surface area contributed by atoms with Gasteiger partial charge in [0, 0.05) is 12.1 Å². The maximum absolute atomic E-state index is 12.9. The van der Waals surface area contributed by atoms with E-state index in [1.165, 1.54) is 6.26 Å². The highest BCUT2D eigenvalue weighted by Crippen LogP contribution is 2.31. The maximum Gasteiger partial charge on any atom is 0.251 e. The second-order valence-electron chi connectivity index (χ2n) is 5.56. The molecule has 1 amide bonds. The van der Waals surface area contributed by atoms with Gasteiger partial charge in [0.2, 0.25) is 0 Å². The van der Waals surface area contributed by atoms with E-state index in [1.807, 2.05) is 13.0 Å². The summed E-state index contributed by atoms with van der Waals surface area (Å²) in [5.74, 6) is -0.0143. The molecular weight excluding hydrogens is 358 g/mol. The highest BCUT2D eigenvalue weighted by molar-refractivity contribution is 7.93. The summed E-state index contributed by atoms with van der Waals surface area (Å²) >= 11 is 1.15. The molecule has 7 heteroatoms. The van der Waals surface area contributed by atoms with E-state index in [2.05, 4.69) is 5.32 Å². The summed E-state index contributed by atoms with van der Waals surface area (Å²) in [5.41, 5.74) is 1.45. The zero-order valence-corrected chi connectivity index (χ0v) is 15.1. The first-order valence-electron chi connectivity index (χ1n) is 7.64. The van der Waals surface area contributed by atoms with Crippen LogP contribution >= 0.6 is 11.3 Å². The molecule has 25 heavy (non-hydrogen) atoms. The van der Waals surface area contributed by atoms with Crippen LogP contribution in [-0.2, 0) is 9.84 Å².